The lowest BCUT2D eigenvalue weighted by Crippen LogP contribution is -2.54. The largest absolute Gasteiger partial charge is 0.464 e. The molecule has 17 heavy (non-hydrogen) atoms. The molecule has 0 aromatic carbocycles. The number of urea groups is 1. The van der Waals surface area contributed by atoms with Crippen LogP contribution in [0.25, 0.3) is 0 Å². The van der Waals surface area contributed by atoms with Gasteiger partial charge in [0, 0.05) is 18.9 Å². The monoisotopic (exact) mass is 244 g/mol. The van der Waals surface area contributed by atoms with Gasteiger partial charge in [-0.1, -0.05) is 0 Å². The van der Waals surface area contributed by atoms with Gasteiger partial charge in [-0.15, -0.1) is 0 Å². The van der Waals surface area contributed by atoms with Crippen molar-refractivity contribution in [3.63, 3.8) is 0 Å². The fourth-order valence-corrected chi connectivity index (χ4v) is 1.98. The van der Waals surface area contributed by atoms with Crippen LogP contribution in [0, 0.1) is 6.92 Å². The molecular weight excluding hydrogens is 230 g/mol. The summed E-state index contributed by atoms with van der Waals surface area (Å²) < 4.78 is 30.8. The van der Waals surface area contributed by atoms with Crippen molar-refractivity contribution in [2.45, 2.75) is 38.3 Å². The molecule has 0 aliphatic heterocycles. The van der Waals surface area contributed by atoms with Crippen LogP contribution >= 0.6 is 0 Å². The minimum Gasteiger partial charge on any atom is -0.464 e. The second-order valence-corrected chi connectivity index (χ2v) is 4.40. The van der Waals surface area contributed by atoms with E-state index in [1.807, 2.05) is 0 Å². The average Bonchev–Trinajstić information content (AvgIpc) is 2.56. The van der Waals surface area contributed by atoms with Crippen LogP contribution in [0.2, 0.25) is 0 Å². The van der Waals surface area contributed by atoms with Crippen LogP contribution in [0.1, 0.15) is 24.4 Å². The van der Waals surface area contributed by atoms with Crippen molar-refractivity contribution in [2.24, 2.45) is 5.73 Å². The molecule has 94 valence electrons. The van der Waals surface area contributed by atoms with E-state index in [4.69, 9.17) is 10.2 Å². The van der Waals surface area contributed by atoms with E-state index >= 15 is 0 Å². The summed E-state index contributed by atoms with van der Waals surface area (Å²) in [5.41, 5.74) is 5.19. The normalized spacial score (nSPS) is 18.8. The average molecular weight is 244 g/mol. The van der Waals surface area contributed by atoms with Gasteiger partial charge < -0.3 is 15.1 Å². The third-order valence-corrected chi connectivity index (χ3v) is 2.91. The molecule has 0 unspecified atom stereocenters. The number of amides is 2. The van der Waals surface area contributed by atoms with Gasteiger partial charge in [0.25, 0.3) is 5.92 Å². The fraction of sp³-hybridized carbons (Fsp3) is 0.545. The predicted molar refractivity (Wildman–Crippen MR) is 56.5 cm³/mol. The molecule has 2 rings (SSSR count). The summed E-state index contributed by atoms with van der Waals surface area (Å²) in [4.78, 5) is 12.4. The third-order valence-electron chi connectivity index (χ3n) is 2.91. The Morgan fingerprint density at radius 3 is 2.65 bits per heavy atom. The Bertz CT molecular complexity index is 423. The number of nitrogens with two attached hydrogens (primary N) is 1. The highest BCUT2D eigenvalue weighted by molar-refractivity contribution is 5.72. The van der Waals surface area contributed by atoms with Crippen molar-refractivity contribution < 1.29 is 18.0 Å². The maximum Gasteiger partial charge on any atom is 0.315 e. The summed E-state index contributed by atoms with van der Waals surface area (Å²) in [5, 5.41) is 0. The van der Waals surface area contributed by atoms with E-state index in [0.717, 1.165) is 0 Å². The molecule has 0 atom stereocenters. The summed E-state index contributed by atoms with van der Waals surface area (Å²) in [5.74, 6) is -1.41. The maximum atomic E-state index is 12.8. The molecule has 6 heteroatoms. The highest BCUT2D eigenvalue weighted by atomic mass is 19.3. The smallest absolute Gasteiger partial charge is 0.315 e. The summed E-state index contributed by atoms with van der Waals surface area (Å²) in [7, 11) is 0. The molecule has 0 spiro atoms. The zero-order valence-corrected chi connectivity index (χ0v) is 9.45. The van der Waals surface area contributed by atoms with Crippen LogP contribution in [-0.2, 0) is 6.54 Å². The lowest BCUT2D eigenvalue weighted by atomic mass is 9.87. The Morgan fingerprint density at radius 1 is 1.59 bits per heavy atom. The molecule has 1 aromatic heterocycles. The Morgan fingerprint density at radius 2 is 2.24 bits per heavy atom. The summed E-state index contributed by atoms with van der Waals surface area (Å²) in [6.45, 7) is 1.92. The molecule has 1 aliphatic rings. The molecule has 1 aromatic rings. The number of rotatable bonds is 3. The maximum absolute atomic E-state index is 12.8. The standard InChI is InChI=1S/C11H14F2N2O2/c1-7-2-3-9(17-7)6-15(10(14)16)8-4-11(12,13)5-8/h2-3,8H,4-6H2,1H3,(H2,14,16). The summed E-state index contributed by atoms with van der Waals surface area (Å²) in [6.07, 6.45) is -0.648. The summed E-state index contributed by atoms with van der Waals surface area (Å²) in [6, 6.07) is 2.28. The zero-order chi connectivity index (χ0) is 12.6. The molecule has 4 nitrogen and oxygen atoms in total. The second kappa shape index (κ2) is 4.01. The number of halogens is 2. The highest BCUT2D eigenvalue weighted by Gasteiger charge is 2.48. The van der Waals surface area contributed by atoms with Gasteiger partial charge in [-0.3, -0.25) is 0 Å². The first-order valence-corrected chi connectivity index (χ1v) is 5.36. The molecule has 1 fully saturated rings. The van der Waals surface area contributed by atoms with Crippen LogP contribution in [-0.4, -0.2) is 22.9 Å². The number of carbonyl (C=O) groups is 1. The third kappa shape index (κ3) is 2.57. The highest BCUT2D eigenvalue weighted by Crippen LogP contribution is 2.40. The molecule has 1 aliphatic carbocycles. The van der Waals surface area contributed by atoms with Gasteiger partial charge in [-0.05, 0) is 19.1 Å². The SMILES string of the molecule is Cc1ccc(CN(C(N)=O)C2CC(F)(F)C2)o1. The lowest BCUT2D eigenvalue weighted by molar-refractivity contribution is -0.116. The van der Waals surface area contributed by atoms with E-state index in [0.29, 0.717) is 11.5 Å². The number of hydrogen-bond donors (Lipinski definition) is 1. The number of hydrogen-bond acceptors (Lipinski definition) is 2. The van der Waals surface area contributed by atoms with Crippen LogP contribution in [0.5, 0.6) is 0 Å². The van der Waals surface area contributed by atoms with Gasteiger partial charge >= 0.3 is 6.03 Å². The van der Waals surface area contributed by atoms with Gasteiger partial charge in [0.05, 0.1) is 6.54 Å². The minimum absolute atomic E-state index is 0.143. The van der Waals surface area contributed by atoms with Crippen molar-refractivity contribution in [3.8, 4) is 0 Å². The zero-order valence-electron chi connectivity index (χ0n) is 9.45. The molecule has 0 saturated heterocycles. The molecule has 0 bridgehead atoms. The van der Waals surface area contributed by atoms with Gasteiger partial charge in [0.2, 0.25) is 0 Å². The molecule has 2 N–H and O–H groups in total. The van der Waals surface area contributed by atoms with Crippen molar-refractivity contribution in [3.05, 3.63) is 23.7 Å². The molecule has 2 amide bonds. The molecule has 1 heterocycles. The number of nitrogens with zero attached hydrogens (tertiary/aromatic N) is 1. The van der Waals surface area contributed by atoms with E-state index in [2.05, 4.69) is 0 Å². The Kier molecular flexibility index (Phi) is 2.81. The van der Waals surface area contributed by atoms with E-state index < -0.39 is 18.0 Å². The molecule has 1 saturated carbocycles. The van der Waals surface area contributed by atoms with Crippen molar-refractivity contribution >= 4 is 6.03 Å². The van der Waals surface area contributed by atoms with Crippen LogP contribution in [0.15, 0.2) is 16.5 Å². The lowest BCUT2D eigenvalue weighted by Gasteiger charge is -2.41. The molecular formula is C11H14F2N2O2. The number of aryl methyl sites for hydroxylation is 1. The number of carbonyl (C=O) groups excluding carboxylic acids is 1. The minimum atomic E-state index is -2.67. The topological polar surface area (TPSA) is 59.5 Å². The Hall–Kier alpha value is -1.59. The van der Waals surface area contributed by atoms with Crippen molar-refractivity contribution in [1.29, 1.82) is 0 Å². The quantitative estimate of drug-likeness (QED) is 0.886. The predicted octanol–water partition coefficient (Wildman–Crippen LogP) is 2.27. The summed E-state index contributed by atoms with van der Waals surface area (Å²) >= 11 is 0. The van der Waals surface area contributed by atoms with Gasteiger partial charge in [0.1, 0.15) is 11.5 Å². The van der Waals surface area contributed by atoms with Crippen LogP contribution < -0.4 is 5.73 Å². The van der Waals surface area contributed by atoms with Crippen LogP contribution in [0.4, 0.5) is 13.6 Å². The second-order valence-electron chi connectivity index (χ2n) is 4.40. The van der Waals surface area contributed by atoms with Crippen molar-refractivity contribution in [1.82, 2.24) is 4.90 Å². The fourth-order valence-electron chi connectivity index (χ4n) is 1.98. The first-order chi connectivity index (χ1) is 7.87. The first-order valence-electron chi connectivity index (χ1n) is 5.36. The van der Waals surface area contributed by atoms with E-state index in [9.17, 15) is 13.6 Å². The van der Waals surface area contributed by atoms with E-state index in [-0.39, 0.29) is 19.4 Å². The first kappa shape index (κ1) is 11.9. The number of primary amides is 1. The van der Waals surface area contributed by atoms with Crippen molar-refractivity contribution in [2.75, 3.05) is 0 Å². The Labute approximate surface area is 97.4 Å². The number of alkyl halides is 2. The molecule has 0 radical (unpaired) electrons. The van der Waals surface area contributed by atoms with E-state index in [1.54, 1.807) is 19.1 Å². The Balaban J connectivity index is 2.02. The van der Waals surface area contributed by atoms with Crippen LogP contribution in [0.3, 0.4) is 0 Å². The van der Waals surface area contributed by atoms with Gasteiger partial charge in [0.15, 0.2) is 0 Å². The van der Waals surface area contributed by atoms with Gasteiger partial charge in [-0.25, -0.2) is 13.6 Å². The van der Waals surface area contributed by atoms with Gasteiger partial charge in [-0.2, -0.15) is 0 Å². The number of furan rings is 1. The van der Waals surface area contributed by atoms with E-state index in [1.165, 1.54) is 4.90 Å².